The minimum Gasteiger partial charge on any atom is -0.383 e. The van der Waals surface area contributed by atoms with Crippen molar-refractivity contribution >= 4 is 5.82 Å². The lowest BCUT2D eigenvalue weighted by Gasteiger charge is -2.05. The van der Waals surface area contributed by atoms with Gasteiger partial charge in [0.2, 0.25) is 0 Å². The molecule has 4 nitrogen and oxygen atoms in total. The Kier molecular flexibility index (Phi) is 3.77. The molecule has 2 rings (SSSR count). The number of aromatic amines is 1. The minimum atomic E-state index is -0.118. The van der Waals surface area contributed by atoms with Crippen LogP contribution in [0.4, 0.5) is 5.82 Å². The SMILES string of the molecule is CCc1c(N)nc(CCc2ccccc2)[nH]c1=O. The summed E-state index contributed by atoms with van der Waals surface area (Å²) in [7, 11) is 0. The first-order valence-electron chi connectivity index (χ1n) is 6.12. The summed E-state index contributed by atoms with van der Waals surface area (Å²) in [5.41, 5.74) is 7.44. The summed E-state index contributed by atoms with van der Waals surface area (Å²) in [5, 5.41) is 0. The zero-order valence-corrected chi connectivity index (χ0v) is 10.4. The molecule has 0 aliphatic rings. The standard InChI is InChI=1S/C14H17N3O/c1-2-11-13(15)16-12(17-14(11)18)9-8-10-6-4-3-5-7-10/h3-7H,2,8-9H2,1H3,(H3,15,16,17,18). The number of hydrogen-bond acceptors (Lipinski definition) is 3. The molecule has 3 N–H and O–H groups in total. The Morgan fingerprint density at radius 1 is 1.22 bits per heavy atom. The molecule has 1 aromatic carbocycles. The fourth-order valence-corrected chi connectivity index (χ4v) is 1.93. The van der Waals surface area contributed by atoms with Gasteiger partial charge in [-0.3, -0.25) is 4.79 Å². The number of nitrogens with zero attached hydrogens (tertiary/aromatic N) is 1. The number of benzene rings is 1. The molecule has 4 heteroatoms. The summed E-state index contributed by atoms with van der Waals surface area (Å²) in [6.45, 7) is 1.90. The molecular formula is C14H17N3O. The van der Waals surface area contributed by atoms with Crippen molar-refractivity contribution in [1.29, 1.82) is 0 Å². The molecule has 0 aliphatic heterocycles. The van der Waals surface area contributed by atoms with E-state index in [1.807, 2.05) is 25.1 Å². The van der Waals surface area contributed by atoms with E-state index >= 15 is 0 Å². The number of hydrogen-bond donors (Lipinski definition) is 2. The molecule has 1 heterocycles. The van der Waals surface area contributed by atoms with Gasteiger partial charge in [0.25, 0.3) is 5.56 Å². The van der Waals surface area contributed by atoms with Crippen molar-refractivity contribution in [3.63, 3.8) is 0 Å². The average Bonchev–Trinajstić information content (AvgIpc) is 2.37. The number of aryl methyl sites for hydroxylation is 2. The third kappa shape index (κ3) is 2.77. The highest BCUT2D eigenvalue weighted by atomic mass is 16.1. The first kappa shape index (κ1) is 12.4. The van der Waals surface area contributed by atoms with Crippen LogP contribution >= 0.6 is 0 Å². The van der Waals surface area contributed by atoms with Crippen LogP contribution in [-0.4, -0.2) is 9.97 Å². The van der Waals surface area contributed by atoms with Crippen LogP contribution in [0.25, 0.3) is 0 Å². The molecule has 0 saturated heterocycles. The lowest BCUT2D eigenvalue weighted by molar-refractivity contribution is 0.837. The second-order valence-corrected chi connectivity index (χ2v) is 4.22. The molecular weight excluding hydrogens is 226 g/mol. The summed E-state index contributed by atoms with van der Waals surface area (Å²) >= 11 is 0. The second-order valence-electron chi connectivity index (χ2n) is 4.22. The van der Waals surface area contributed by atoms with Gasteiger partial charge in [-0.05, 0) is 18.4 Å². The highest BCUT2D eigenvalue weighted by Gasteiger charge is 2.06. The largest absolute Gasteiger partial charge is 0.383 e. The highest BCUT2D eigenvalue weighted by molar-refractivity contribution is 5.37. The van der Waals surface area contributed by atoms with Crippen LogP contribution < -0.4 is 11.3 Å². The van der Waals surface area contributed by atoms with E-state index in [2.05, 4.69) is 22.1 Å². The fraction of sp³-hybridized carbons (Fsp3) is 0.286. The van der Waals surface area contributed by atoms with Crippen LogP contribution in [0, 0.1) is 0 Å². The van der Waals surface area contributed by atoms with Gasteiger partial charge in [-0.25, -0.2) is 4.98 Å². The highest BCUT2D eigenvalue weighted by Crippen LogP contribution is 2.06. The lowest BCUT2D eigenvalue weighted by Crippen LogP contribution is -2.19. The molecule has 0 radical (unpaired) electrons. The lowest BCUT2D eigenvalue weighted by atomic mass is 10.1. The van der Waals surface area contributed by atoms with Crippen LogP contribution in [0.5, 0.6) is 0 Å². The Bertz CT molecular complexity index is 575. The Hall–Kier alpha value is -2.10. The van der Waals surface area contributed by atoms with Gasteiger partial charge in [-0.2, -0.15) is 0 Å². The van der Waals surface area contributed by atoms with Crippen molar-refractivity contribution in [1.82, 2.24) is 9.97 Å². The van der Waals surface area contributed by atoms with Crippen molar-refractivity contribution < 1.29 is 0 Å². The van der Waals surface area contributed by atoms with E-state index in [9.17, 15) is 4.79 Å². The third-order valence-electron chi connectivity index (χ3n) is 2.94. The minimum absolute atomic E-state index is 0.118. The Morgan fingerprint density at radius 2 is 1.94 bits per heavy atom. The van der Waals surface area contributed by atoms with Gasteiger partial charge in [-0.15, -0.1) is 0 Å². The predicted octanol–water partition coefficient (Wildman–Crippen LogP) is 1.70. The van der Waals surface area contributed by atoms with Gasteiger partial charge in [-0.1, -0.05) is 37.3 Å². The molecule has 0 atom stereocenters. The molecule has 94 valence electrons. The van der Waals surface area contributed by atoms with E-state index < -0.39 is 0 Å². The van der Waals surface area contributed by atoms with Crippen LogP contribution in [0.15, 0.2) is 35.1 Å². The smallest absolute Gasteiger partial charge is 0.256 e. The number of nitrogens with two attached hydrogens (primary N) is 1. The van der Waals surface area contributed by atoms with Crippen molar-refractivity contribution in [3.05, 3.63) is 57.6 Å². The topological polar surface area (TPSA) is 71.8 Å². The molecule has 1 aromatic heterocycles. The molecule has 0 spiro atoms. The summed E-state index contributed by atoms with van der Waals surface area (Å²) in [6, 6.07) is 10.1. The molecule has 0 fully saturated rings. The molecule has 2 aromatic rings. The van der Waals surface area contributed by atoms with Crippen LogP contribution in [-0.2, 0) is 19.3 Å². The van der Waals surface area contributed by atoms with E-state index in [0.29, 0.717) is 30.0 Å². The van der Waals surface area contributed by atoms with Gasteiger partial charge < -0.3 is 10.7 Å². The first-order valence-corrected chi connectivity index (χ1v) is 6.12. The number of nitrogens with one attached hydrogen (secondary N) is 1. The maximum atomic E-state index is 11.7. The number of nitrogen functional groups attached to an aromatic ring is 1. The normalized spacial score (nSPS) is 10.5. The van der Waals surface area contributed by atoms with Gasteiger partial charge in [0.05, 0.1) is 5.56 Å². The quantitative estimate of drug-likeness (QED) is 0.858. The summed E-state index contributed by atoms with van der Waals surface area (Å²) in [6.07, 6.45) is 2.13. The predicted molar refractivity (Wildman–Crippen MR) is 72.5 cm³/mol. The van der Waals surface area contributed by atoms with Crippen LogP contribution in [0.1, 0.15) is 23.9 Å². The van der Waals surface area contributed by atoms with Gasteiger partial charge >= 0.3 is 0 Å². The van der Waals surface area contributed by atoms with Crippen molar-refractivity contribution in [2.45, 2.75) is 26.2 Å². The van der Waals surface area contributed by atoms with Crippen molar-refractivity contribution in [3.8, 4) is 0 Å². The fourth-order valence-electron chi connectivity index (χ4n) is 1.93. The van der Waals surface area contributed by atoms with E-state index in [1.165, 1.54) is 5.56 Å². The van der Waals surface area contributed by atoms with Crippen molar-refractivity contribution in [2.75, 3.05) is 5.73 Å². The van der Waals surface area contributed by atoms with Crippen molar-refractivity contribution in [2.24, 2.45) is 0 Å². The van der Waals surface area contributed by atoms with Crippen LogP contribution in [0.2, 0.25) is 0 Å². The summed E-state index contributed by atoms with van der Waals surface area (Å²) in [4.78, 5) is 18.8. The Labute approximate surface area is 106 Å². The Balaban J connectivity index is 2.14. The molecule has 18 heavy (non-hydrogen) atoms. The van der Waals surface area contributed by atoms with E-state index in [1.54, 1.807) is 0 Å². The first-order chi connectivity index (χ1) is 8.70. The van der Waals surface area contributed by atoms with E-state index in [-0.39, 0.29) is 5.56 Å². The molecule has 0 saturated carbocycles. The number of aromatic nitrogens is 2. The molecule has 0 amide bonds. The monoisotopic (exact) mass is 243 g/mol. The second kappa shape index (κ2) is 5.49. The van der Waals surface area contributed by atoms with Gasteiger partial charge in [0.1, 0.15) is 11.6 Å². The average molecular weight is 243 g/mol. The number of H-pyrrole nitrogens is 1. The summed E-state index contributed by atoms with van der Waals surface area (Å²) < 4.78 is 0. The van der Waals surface area contributed by atoms with E-state index in [0.717, 1.165) is 6.42 Å². The Morgan fingerprint density at radius 3 is 2.56 bits per heavy atom. The number of anilines is 1. The van der Waals surface area contributed by atoms with Gasteiger partial charge in [0.15, 0.2) is 0 Å². The van der Waals surface area contributed by atoms with E-state index in [4.69, 9.17) is 5.73 Å². The zero-order chi connectivity index (χ0) is 13.0. The zero-order valence-electron chi connectivity index (χ0n) is 10.4. The molecule has 0 aliphatic carbocycles. The van der Waals surface area contributed by atoms with Crippen LogP contribution in [0.3, 0.4) is 0 Å². The molecule has 0 unspecified atom stereocenters. The van der Waals surface area contributed by atoms with Gasteiger partial charge in [0, 0.05) is 6.42 Å². The number of rotatable bonds is 4. The molecule has 0 bridgehead atoms. The third-order valence-corrected chi connectivity index (χ3v) is 2.94. The maximum Gasteiger partial charge on any atom is 0.256 e. The summed E-state index contributed by atoms with van der Waals surface area (Å²) in [5.74, 6) is 1.00. The maximum absolute atomic E-state index is 11.7.